The normalized spacial score (nSPS) is 11.7. The van der Waals surface area contributed by atoms with E-state index >= 15 is 0 Å². The Morgan fingerprint density at radius 1 is 1.13 bits per heavy atom. The van der Waals surface area contributed by atoms with E-state index in [4.69, 9.17) is 11.6 Å². The minimum atomic E-state index is -1.10. The number of carbonyl (C=O) groups is 2. The molecule has 0 aliphatic carbocycles. The second-order valence-electron chi connectivity index (χ2n) is 4.90. The summed E-state index contributed by atoms with van der Waals surface area (Å²) in [6.45, 7) is 0. The van der Waals surface area contributed by atoms with E-state index in [-0.39, 0.29) is 17.0 Å². The zero-order valence-corrected chi connectivity index (χ0v) is 13.8. The molecule has 0 spiro atoms. The molecule has 23 heavy (non-hydrogen) atoms. The maximum absolute atomic E-state index is 12.6. The fraction of sp³-hybridized carbons (Fsp3) is 0.176. The van der Waals surface area contributed by atoms with Crippen molar-refractivity contribution in [2.24, 2.45) is 0 Å². The summed E-state index contributed by atoms with van der Waals surface area (Å²) in [6.07, 6.45) is 0.231. The highest BCUT2D eigenvalue weighted by atomic mass is 35.5. The van der Waals surface area contributed by atoms with Gasteiger partial charge in [0.25, 0.3) is 5.91 Å². The minimum absolute atomic E-state index is 0.231. The first-order valence-electron chi connectivity index (χ1n) is 7.03. The van der Waals surface area contributed by atoms with Crippen LogP contribution in [-0.2, 0) is 4.79 Å². The van der Waals surface area contributed by atoms with Crippen LogP contribution in [0, 0.1) is 0 Å². The quantitative estimate of drug-likeness (QED) is 0.699. The summed E-state index contributed by atoms with van der Waals surface area (Å²) in [5.74, 6) is -1.25. The summed E-state index contributed by atoms with van der Waals surface area (Å²) in [7, 11) is 0. The molecule has 0 aliphatic heterocycles. The van der Waals surface area contributed by atoms with E-state index in [0.717, 1.165) is 5.56 Å². The van der Waals surface area contributed by atoms with Gasteiger partial charge in [-0.1, -0.05) is 54.1 Å². The molecule has 6 heteroatoms. The number of nitrogens with one attached hydrogen (secondary N) is 1. The van der Waals surface area contributed by atoms with Crippen molar-refractivity contribution in [3.05, 3.63) is 59.1 Å². The van der Waals surface area contributed by atoms with Gasteiger partial charge in [0.1, 0.15) is 6.04 Å². The molecular formula is C17H16ClNO3S. The van der Waals surface area contributed by atoms with Crippen LogP contribution >= 0.6 is 24.2 Å². The number of carboxylic acid groups (broad SMARTS) is 1. The highest BCUT2D eigenvalue weighted by molar-refractivity contribution is 7.80. The third kappa shape index (κ3) is 4.27. The molecule has 0 heterocycles. The summed E-state index contributed by atoms with van der Waals surface area (Å²) >= 11 is 10.2. The zero-order chi connectivity index (χ0) is 16.8. The molecule has 0 saturated carbocycles. The van der Waals surface area contributed by atoms with Gasteiger partial charge in [-0.15, -0.1) is 0 Å². The van der Waals surface area contributed by atoms with Crippen LogP contribution in [0.1, 0.15) is 16.8 Å². The average Bonchev–Trinajstić information content (AvgIpc) is 2.54. The van der Waals surface area contributed by atoms with Crippen LogP contribution in [0.25, 0.3) is 11.1 Å². The van der Waals surface area contributed by atoms with Crippen molar-refractivity contribution in [1.82, 2.24) is 5.32 Å². The molecule has 0 saturated heterocycles. The van der Waals surface area contributed by atoms with Crippen LogP contribution in [0.5, 0.6) is 0 Å². The van der Waals surface area contributed by atoms with Crippen LogP contribution in [0.3, 0.4) is 0 Å². The van der Waals surface area contributed by atoms with Crippen molar-refractivity contribution in [3.63, 3.8) is 0 Å². The number of rotatable bonds is 6. The Balaban J connectivity index is 2.39. The lowest BCUT2D eigenvalue weighted by Crippen LogP contribution is -2.41. The minimum Gasteiger partial charge on any atom is -0.480 e. The maximum Gasteiger partial charge on any atom is 0.326 e. The van der Waals surface area contributed by atoms with Gasteiger partial charge in [0.2, 0.25) is 0 Å². The molecule has 0 fully saturated rings. The fourth-order valence-corrected chi connectivity index (χ4v) is 2.75. The van der Waals surface area contributed by atoms with Gasteiger partial charge < -0.3 is 10.4 Å². The predicted octanol–water partition coefficient (Wildman–Crippen LogP) is 3.51. The van der Waals surface area contributed by atoms with Crippen LogP contribution < -0.4 is 5.32 Å². The molecule has 4 nitrogen and oxygen atoms in total. The zero-order valence-electron chi connectivity index (χ0n) is 12.2. The third-order valence-electron chi connectivity index (χ3n) is 3.35. The Morgan fingerprint density at radius 3 is 2.43 bits per heavy atom. The van der Waals surface area contributed by atoms with Crippen molar-refractivity contribution in [2.75, 3.05) is 5.75 Å². The molecule has 2 N–H and O–H groups in total. The lowest BCUT2D eigenvalue weighted by Gasteiger charge is -2.16. The highest BCUT2D eigenvalue weighted by Crippen LogP contribution is 2.29. The highest BCUT2D eigenvalue weighted by Gasteiger charge is 2.23. The summed E-state index contributed by atoms with van der Waals surface area (Å²) in [5, 5.41) is 12.0. The van der Waals surface area contributed by atoms with E-state index in [1.165, 1.54) is 0 Å². The monoisotopic (exact) mass is 349 g/mol. The SMILES string of the molecule is O=C(N[C@@H](CCS)C(=O)O)c1c(Cl)cccc1-c1ccccc1. The topological polar surface area (TPSA) is 66.4 Å². The Hall–Kier alpha value is -1.98. The van der Waals surface area contributed by atoms with Gasteiger partial charge in [0.15, 0.2) is 0 Å². The average molecular weight is 350 g/mol. The Kier molecular flexibility index (Phi) is 6.07. The number of carboxylic acids is 1. The Labute approximate surface area is 144 Å². The second kappa shape index (κ2) is 8.04. The van der Waals surface area contributed by atoms with Gasteiger partial charge in [0.05, 0.1) is 10.6 Å². The molecule has 1 atom stereocenters. The largest absolute Gasteiger partial charge is 0.480 e. The third-order valence-corrected chi connectivity index (χ3v) is 3.92. The van der Waals surface area contributed by atoms with E-state index in [1.54, 1.807) is 18.2 Å². The standard InChI is InChI=1S/C17H16ClNO3S/c18-13-8-4-7-12(11-5-2-1-3-6-11)15(13)16(20)19-14(9-10-23)17(21)22/h1-8,14,23H,9-10H2,(H,19,20)(H,21,22)/t14-/m0/s1. The molecule has 1 amide bonds. The number of amides is 1. The Morgan fingerprint density at radius 2 is 1.83 bits per heavy atom. The van der Waals surface area contributed by atoms with Gasteiger partial charge in [-0.25, -0.2) is 4.79 Å². The number of halogens is 1. The van der Waals surface area contributed by atoms with Gasteiger partial charge in [0, 0.05) is 0 Å². The molecule has 2 rings (SSSR count). The first-order valence-corrected chi connectivity index (χ1v) is 8.04. The van der Waals surface area contributed by atoms with Crippen molar-refractivity contribution in [3.8, 4) is 11.1 Å². The maximum atomic E-state index is 12.6. The summed E-state index contributed by atoms with van der Waals surface area (Å²) < 4.78 is 0. The molecule has 120 valence electrons. The van der Waals surface area contributed by atoms with E-state index < -0.39 is 17.9 Å². The molecule has 0 unspecified atom stereocenters. The molecule has 0 bridgehead atoms. The number of thiol groups is 1. The molecular weight excluding hydrogens is 334 g/mol. The first-order chi connectivity index (χ1) is 11.0. The summed E-state index contributed by atoms with van der Waals surface area (Å²) in [4.78, 5) is 23.8. The van der Waals surface area contributed by atoms with Crippen molar-refractivity contribution in [2.45, 2.75) is 12.5 Å². The number of hydrogen-bond donors (Lipinski definition) is 3. The van der Waals surface area contributed by atoms with E-state index in [2.05, 4.69) is 17.9 Å². The number of carbonyl (C=O) groups excluding carboxylic acids is 1. The van der Waals surface area contributed by atoms with E-state index in [1.807, 2.05) is 30.3 Å². The van der Waals surface area contributed by atoms with Crippen LogP contribution in [0.4, 0.5) is 0 Å². The Bertz CT molecular complexity index is 706. The van der Waals surface area contributed by atoms with Crippen LogP contribution in [0.2, 0.25) is 5.02 Å². The number of aliphatic carboxylic acids is 1. The first kappa shape index (κ1) is 17.4. The van der Waals surface area contributed by atoms with E-state index in [9.17, 15) is 14.7 Å². The molecule has 0 aromatic heterocycles. The van der Waals surface area contributed by atoms with E-state index in [0.29, 0.717) is 11.3 Å². The van der Waals surface area contributed by atoms with Gasteiger partial charge >= 0.3 is 5.97 Å². The summed E-state index contributed by atoms with van der Waals surface area (Å²) in [6, 6.07) is 13.5. The smallest absolute Gasteiger partial charge is 0.326 e. The van der Waals surface area contributed by atoms with Crippen molar-refractivity contribution >= 4 is 36.1 Å². The number of hydrogen-bond acceptors (Lipinski definition) is 3. The second-order valence-corrected chi connectivity index (χ2v) is 5.76. The van der Waals surface area contributed by atoms with Gasteiger partial charge in [-0.3, -0.25) is 4.79 Å². The van der Waals surface area contributed by atoms with Crippen molar-refractivity contribution < 1.29 is 14.7 Å². The summed E-state index contributed by atoms with van der Waals surface area (Å²) in [5.41, 5.74) is 1.76. The molecule has 2 aromatic carbocycles. The van der Waals surface area contributed by atoms with Gasteiger partial charge in [-0.2, -0.15) is 12.6 Å². The lowest BCUT2D eigenvalue weighted by molar-refractivity contribution is -0.139. The van der Waals surface area contributed by atoms with Crippen molar-refractivity contribution in [1.29, 1.82) is 0 Å². The predicted molar refractivity (Wildman–Crippen MR) is 94.2 cm³/mol. The number of benzene rings is 2. The molecule has 0 radical (unpaired) electrons. The van der Waals surface area contributed by atoms with Gasteiger partial charge in [-0.05, 0) is 29.4 Å². The fourth-order valence-electron chi connectivity index (χ4n) is 2.23. The van der Waals surface area contributed by atoms with Crippen LogP contribution in [-0.4, -0.2) is 28.8 Å². The lowest BCUT2D eigenvalue weighted by atomic mass is 9.99. The molecule has 2 aromatic rings. The molecule has 0 aliphatic rings. The van der Waals surface area contributed by atoms with Crippen LogP contribution in [0.15, 0.2) is 48.5 Å².